The average molecular weight is 271 g/mol. The van der Waals surface area contributed by atoms with Crippen molar-refractivity contribution < 1.29 is 13.9 Å². The maximum Gasteiger partial charge on any atom is 0.266 e. The van der Waals surface area contributed by atoms with Gasteiger partial charge in [0.2, 0.25) is 0 Å². The fourth-order valence-corrected chi connectivity index (χ4v) is 1.14. The molecule has 1 aromatic heterocycles. The molecule has 1 rings (SSSR count). The summed E-state index contributed by atoms with van der Waals surface area (Å²) in [6.45, 7) is 0. The number of aromatic nitrogens is 1. The van der Waals surface area contributed by atoms with Gasteiger partial charge in [-0.1, -0.05) is 0 Å². The van der Waals surface area contributed by atoms with E-state index in [0.29, 0.717) is 0 Å². The zero-order valence-electron chi connectivity index (χ0n) is 5.26. The van der Waals surface area contributed by atoms with Crippen molar-refractivity contribution in [3.63, 3.8) is 0 Å². The number of alkyl halides is 2. The van der Waals surface area contributed by atoms with Gasteiger partial charge < -0.3 is 5.11 Å². The minimum Gasteiger partial charge on any atom is -0.506 e. The summed E-state index contributed by atoms with van der Waals surface area (Å²) in [5.41, 5.74) is -0.231. The van der Waals surface area contributed by atoms with Gasteiger partial charge in [0, 0.05) is 0 Å². The zero-order valence-corrected chi connectivity index (χ0v) is 7.42. The molecule has 0 aromatic carbocycles. The monoisotopic (exact) mass is 271 g/mol. The van der Waals surface area contributed by atoms with Gasteiger partial charge in [0.1, 0.15) is 9.45 Å². The molecule has 0 aliphatic carbocycles. The molecule has 0 bridgehead atoms. The SMILES string of the molecule is Oc1cnc(I)c(C(F)F)c1. The largest absolute Gasteiger partial charge is 0.506 e. The topological polar surface area (TPSA) is 33.1 Å². The van der Waals surface area contributed by atoms with E-state index in [9.17, 15) is 8.78 Å². The molecule has 60 valence electrons. The van der Waals surface area contributed by atoms with E-state index in [1.807, 2.05) is 0 Å². The van der Waals surface area contributed by atoms with Crippen molar-refractivity contribution in [2.75, 3.05) is 0 Å². The highest BCUT2D eigenvalue weighted by Crippen LogP contribution is 2.25. The first-order valence-electron chi connectivity index (χ1n) is 2.74. The van der Waals surface area contributed by atoms with Crippen molar-refractivity contribution in [1.82, 2.24) is 4.98 Å². The van der Waals surface area contributed by atoms with Crippen LogP contribution in [0.2, 0.25) is 0 Å². The van der Waals surface area contributed by atoms with E-state index in [4.69, 9.17) is 5.11 Å². The van der Waals surface area contributed by atoms with Crippen LogP contribution in [0.3, 0.4) is 0 Å². The molecule has 0 saturated heterocycles. The molecular formula is C6H4F2INO. The van der Waals surface area contributed by atoms with Crippen LogP contribution in [0, 0.1) is 3.70 Å². The molecule has 2 nitrogen and oxygen atoms in total. The zero-order chi connectivity index (χ0) is 8.43. The second-order valence-corrected chi connectivity index (χ2v) is 2.90. The quantitative estimate of drug-likeness (QED) is 0.628. The lowest BCUT2D eigenvalue weighted by Crippen LogP contribution is -1.91. The predicted molar refractivity (Wildman–Crippen MR) is 43.6 cm³/mol. The summed E-state index contributed by atoms with van der Waals surface area (Å²) < 4.78 is 24.3. The van der Waals surface area contributed by atoms with E-state index in [2.05, 4.69) is 4.98 Å². The summed E-state index contributed by atoms with van der Waals surface area (Å²) in [6.07, 6.45) is -1.45. The van der Waals surface area contributed by atoms with Crippen LogP contribution in [0.25, 0.3) is 0 Å². The Hall–Kier alpha value is -0.460. The van der Waals surface area contributed by atoms with Crippen LogP contribution >= 0.6 is 22.6 Å². The molecule has 0 amide bonds. The number of hydrogen-bond acceptors (Lipinski definition) is 2. The predicted octanol–water partition coefficient (Wildman–Crippen LogP) is 2.33. The normalized spacial score (nSPS) is 10.5. The first kappa shape index (κ1) is 8.63. The summed E-state index contributed by atoms with van der Waals surface area (Å²) in [4.78, 5) is 3.56. The summed E-state index contributed by atoms with van der Waals surface area (Å²) in [5.74, 6) is -0.235. The van der Waals surface area contributed by atoms with Crippen molar-refractivity contribution in [1.29, 1.82) is 0 Å². The van der Waals surface area contributed by atoms with Crippen molar-refractivity contribution in [2.45, 2.75) is 6.43 Å². The number of aromatic hydroxyl groups is 1. The third-order valence-corrected chi connectivity index (χ3v) is 1.99. The third-order valence-electron chi connectivity index (χ3n) is 1.09. The second kappa shape index (κ2) is 3.29. The number of hydrogen-bond donors (Lipinski definition) is 1. The van der Waals surface area contributed by atoms with E-state index in [1.54, 1.807) is 22.6 Å². The Morgan fingerprint density at radius 3 is 2.64 bits per heavy atom. The Morgan fingerprint density at radius 1 is 1.55 bits per heavy atom. The number of nitrogens with zero attached hydrogens (tertiary/aromatic N) is 1. The Labute approximate surface area is 75.4 Å². The Morgan fingerprint density at radius 2 is 2.18 bits per heavy atom. The Bertz CT molecular complexity index is 267. The lowest BCUT2D eigenvalue weighted by molar-refractivity contribution is 0.149. The molecule has 1 N–H and O–H groups in total. The molecular weight excluding hydrogens is 267 g/mol. The number of pyridine rings is 1. The molecule has 0 unspecified atom stereocenters. The molecule has 1 aromatic rings. The molecule has 0 saturated carbocycles. The first-order valence-corrected chi connectivity index (χ1v) is 3.81. The van der Waals surface area contributed by atoms with Gasteiger partial charge in [0.25, 0.3) is 6.43 Å². The Kier molecular flexibility index (Phi) is 2.58. The summed E-state index contributed by atoms with van der Waals surface area (Å²) in [5, 5.41) is 8.79. The van der Waals surface area contributed by atoms with Gasteiger partial charge in [-0.25, -0.2) is 13.8 Å². The molecule has 0 aliphatic rings. The Balaban J connectivity index is 3.13. The van der Waals surface area contributed by atoms with E-state index >= 15 is 0 Å². The van der Waals surface area contributed by atoms with Gasteiger partial charge in [-0.3, -0.25) is 0 Å². The lowest BCUT2D eigenvalue weighted by Gasteiger charge is -2.01. The van der Waals surface area contributed by atoms with Crippen molar-refractivity contribution in [3.05, 3.63) is 21.5 Å². The second-order valence-electron chi connectivity index (χ2n) is 1.87. The fourth-order valence-electron chi connectivity index (χ4n) is 0.607. The van der Waals surface area contributed by atoms with Crippen LogP contribution < -0.4 is 0 Å². The van der Waals surface area contributed by atoms with Crippen LogP contribution in [0.1, 0.15) is 12.0 Å². The van der Waals surface area contributed by atoms with Gasteiger partial charge in [0.05, 0.1) is 11.8 Å². The van der Waals surface area contributed by atoms with Gasteiger partial charge in [-0.05, 0) is 28.7 Å². The van der Waals surface area contributed by atoms with Gasteiger partial charge in [0.15, 0.2) is 0 Å². The number of halogens is 3. The third kappa shape index (κ3) is 1.98. The smallest absolute Gasteiger partial charge is 0.266 e. The molecule has 0 fully saturated rings. The molecule has 1 heterocycles. The van der Waals surface area contributed by atoms with Gasteiger partial charge >= 0.3 is 0 Å². The van der Waals surface area contributed by atoms with Crippen LogP contribution in [-0.2, 0) is 0 Å². The lowest BCUT2D eigenvalue weighted by atomic mass is 10.3. The minimum absolute atomic E-state index is 0.218. The van der Waals surface area contributed by atoms with Gasteiger partial charge in [-0.15, -0.1) is 0 Å². The summed E-state index contributed by atoms with van der Waals surface area (Å²) in [7, 11) is 0. The summed E-state index contributed by atoms with van der Waals surface area (Å²) in [6, 6.07) is 1.01. The number of rotatable bonds is 1. The van der Waals surface area contributed by atoms with E-state index in [0.717, 1.165) is 12.3 Å². The molecule has 0 spiro atoms. The van der Waals surface area contributed by atoms with Crippen LogP contribution in [0.5, 0.6) is 5.75 Å². The highest BCUT2D eigenvalue weighted by atomic mass is 127. The first-order chi connectivity index (χ1) is 5.11. The van der Waals surface area contributed by atoms with Gasteiger partial charge in [-0.2, -0.15) is 0 Å². The van der Waals surface area contributed by atoms with Crippen molar-refractivity contribution in [2.24, 2.45) is 0 Å². The van der Waals surface area contributed by atoms with Crippen molar-refractivity contribution >= 4 is 22.6 Å². The molecule has 0 radical (unpaired) electrons. The highest BCUT2D eigenvalue weighted by molar-refractivity contribution is 14.1. The minimum atomic E-state index is -2.58. The van der Waals surface area contributed by atoms with Crippen LogP contribution in [0.15, 0.2) is 12.3 Å². The molecule has 11 heavy (non-hydrogen) atoms. The van der Waals surface area contributed by atoms with E-state index < -0.39 is 6.43 Å². The molecule has 0 aliphatic heterocycles. The van der Waals surface area contributed by atoms with Crippen molar-refractivity contribution in [3.8, 4) is 5.75 Å². The maximum absolute atomic E-state index is 12.1. The molecule has 5 heteroatoms. The van der Waals surface area contributed by atoms with E-state index in [-0.39, 0.29) is 15.0 Å². The van der Waals surface area contributed by atoms with Crippen LogP contribution in [0.4, 0.5) is 8.78 Å². The molecule has 0 atom stereocenters. The average Bonchev–Trinajstić information content (AvgIpc) is 1.94. The maximum atomic E-state index is 12.1. The highest BCUT2D eigenvalue weighted by Gasteiger charge is 2.12. The standard InChI is InChI=1S/C6H4F2INO/c7-5(8)4-1-3(11)2-10-6(4)9/h1-2,5,11H. The van der Waals surface area contributed by atoms with Crippen LogP contribution in [-0.4, -0.2) is 10.1 Å². The fraction of sp³-hybridized carbons (Fsp3) is 0.167. The summed E-state index contributed by atoms with van der Waals surface area (Å²) >= 11 is 1.69. The van der Waals surface area contributed by atoms with E-state index in [1.165, 1.54) is 0 Å².